The van der Waals surface area contributed by atoms with Crippen LogP contribution in [0.5, 0.6) is 11.5 Å². The molecule has 0 heterocycles. The van der Waals surface area contributed by atoms with Gasteiger partial charge >= 0.3 is 25.3 Å². The van der Waals surface area contributed by atoms with E-state index in [9.17, 15) is 10.2 Å². The zero-order valence-corrected chi connectivity index (χ0v) is 16.5. The maximum atomic E-state index is 9.26. The van der Waals surface area contributed by atoms with Crippen LogP contribution < -0.4 is 0 Å². The van der Waals surface area contributed by atoms with Crippen molar-refractivity contribution >= 4 is 12.4 Å². The van der Waals surface area contributed by atoms with Crippen LogP contribution in [-0.4, -0.2) is 59.2 Å². The number of benzene rings is 2. The number of nitrogens with zero attached hydrogens (tertiary/aromatic N) is 2. The van der Waals surface area contributed by atoms with Crippen molar-refractivity contribution in [2.45, 2.75) is 0 Å². The topological polar surface area (TPSA) is 140 Å². The van der Waals surface area contributed by atoms with E-state index in [1.54, 1.807) is 48.8 Å². The van der Waals surface area contributed by atoms with E-state index in [0.717, 1.165) is 0 Å². The van der Waals surface area contributed by atoms with Gasteiger partial charge in [-0.1, -0.05) is 24.3 Å². The Morgan fingerprint density at radius 1 is 0.741 bits per heavy atom. The number of hydrogen-bond donors (Lipinski definition) is 4. The van der Waals surface area contributed by atoms with Crippen LogP contribution in [0.1, 0.15) is 11.1 Å². The Kier molecular flexibility index (Phi) is 15.5. The van der Waals surface area contributed by atoms with Crippen LogP contribution in [0.15, 0.2) is 58.5 Å². The molecule has 2 aromatic rings. The van der Waals surface area contributed by atoms with Crippen LogP contribution in [0.25, 0.3) is 0 Å². The summed E-state index contributed by atoms with van der Waals surface area (Å²) in [6.07, 6.45) is 3.09. The van der Waals surface area contributed by atoms with Crippen molar-refractivity contribution in [1.82, 2.24) is 0 Å². The molecule has 0 aliphatic carbocycles. The molecule has 0 fully saturated rings. The molecule has 146 valence electrons. The van der Waals surface area contributed by atoms with Crippen LogP contribution in [0.2, 0.25) is 0 Å². The number of phenolic OH excluding ortho intramolecular Hbond substituents is 2. The van der Waals surface area contributed by atoms with Crippen LogP contribution >= 0.6 is 0 Å². The second kappa shape index (κ2) is 17.0. The monoisotopic (exact) mass is 460 g/mol. The first kappa shape index (κ1) is 24.6. The zero-order chi connectivity index (χ0) is 20.3. The van der Waals surface area contributed by atoms with Crippen LogP contribution in [-0.2, 0) is 25.3 Å². The summed E-state index contributed by atoms with van der Waals surface area (Å²) in [5, 5.41) is 35.4. The summed E-state index contributed by atoms with van der Waals surface area (Å²) in [4.78, 5) is 7.77. The number of hydrogen-bond acceptors (Lipinski definition) is 8. The van der Waals surface area contributed by atoms with Gasteiger partial charge in [0.05, 0.1) is 26.3 Å². The van der Waals surface area contributed by atoms with Gasteiger partial charge in [0.25, 0.3) is 0 Å². The summed E-state index contributed by atoms with van der Waals surface area (Å²) < 4.78 is 17.0. The summed E-state index contributed by atoms with van der Waals surface area (Å²) in [7, 11) is 0. The Labute approximate surface area is 165 Å². The van der Waals surface area contributed by atoms with Crippen molar-refractivity contribution in [3.8, 4) is 11.5 Å². The Hall–Kier alpha value is -2.41. The molecule has 2 aromatic carbocycles. The van der Waals surface area contributed by atoms with Crippen LogP contribution in [0, 0.1) is 0 Å². The van der Waals surface area contributed by atoms with E-state index in [1.165, 1.54) is 0 Å². The van der Waals surface area contributed by atoms with Crippen molar-refractivity contribution in [2.75, 3.05) is 26.3 Å². The number of phenols is 2. The molecular formula is C18H22MoN2O6. The van der Waals surface area contributed by atoms with Gasteiger partial charge in [0.15, 0.2) is 0 Å². The Morgan fingerprint density at radius 3 is 1.37 bits per heavy atom. The fourth-order valence-electron chi connectivity index (χ4n) is 1.63. The molecule has 0 bridgehead atoms. The first-order valence-corrected chi connectivity index (χ1v) is 9.43. The number of aliphatic hydroxyl groups is 2. The van der Waals surface area contributed by atoms with Crippen molar-refractivity contribution in [3.05, 3.63) is 59.7 Å². The fraction of sp³-hybridized carbons (Fsp3) is 0.222. The summed E-state index contributed by atoms with van der Waals surface area (Å²) in [6, 6.07) is 13.9. The normalized spacial score (nSPS) is 10.0. The number of rotatable bonds is 6. The van der Waals surface area contributed by atoms with Gasteiger partial charge in [0.1, 0.15) is 11.5 Å². The SMILES string of the molecule is OCCN=Cc1ccccc1O.OCCN=Cc1ccccc1O.[O]=[Mo]=[O]. The molecule has 0 atom stereocenters. The summed E-state index contributed by atoms with van der Waals surface area (Å²) in [6.45, 7) is 0.802. The molecule has 0 aromatic heterocycles. The Balaban J connectivity index is 0.000000438. The first-order valence-electron chi connectivity index (χ1n) is 7.79. The quantitative estimate of drug-likeness (QED) is 0.381. The van der Waals surface area contributed by atoms with Gasteiger partial charge in [-0.15, -0.1) is 0 Å². The van der Waals surface area contributed by atoms with E-state index < -0.39 is 18.5 Å². The summed E-state index contributed by atoms with van der Waals surface area (Å²) >= 11 is -2.03. The predicted molar refractivity (Wildman–Crippen MR) is 96.7 cm³/mol. The summed E-state index contributed by atoms with van der Waals surface area (Å²) in [5.41, 5.74) is 1.34. The Morgan fingerprint density at radius 2 is 1.07 bits per heavy atom. The van der Waals surface area contributed by atoms with Crippen molar-refractivity contribution in [2.24, 2.45) is 9.98 Å². The van der Waals surface area contributed by atoms with E-state index in [2.05, 4.69) is 9.98 Å². The van der Waals surface area contributed by atoms with Gasteiger partial charge in [-0.2, -0.15) is 0 Å². The third kappa shape index (κ3) is 12.6. The van der Waals surface area contributed by atoms with E-state index in [0.29, 0.717) is 24.2 Å². The molecule has 0 saturated heterocycles. The molecule has 0 unspecified atom stereocenters. The van der Waals surface area contributed by atoms with E-state index in [-0.39, 0.29) is 24.7 Å². The number of aromatic hydroxyl groups is 2. The fourth-order valence-corrected chi connectivity index (χ4v) is 1.63. The maximum absolute atomic E-state index is 9.26. The molecule has 0 radical (unpaired) electrons. The third-order valence-corrected chi connectivity index (χ3v) is 2.79. The first-order chi connectivity index (χ1) is 13.1. The molecule has 8 nitrogen and oxygen atoms in total. The van der Waals surface area contributed by atoms with Crippen LogP contribution in [0.3, 0.4) is 0 Å². The minimum atomic E-state index is -2.03. The molecule has 9 heteroatoms. The molecule has 27 heavy (non-hydrogen) atoms. The van der Waals surface area contributed by atoms with Crippen LogP contribution in [0.4, 0.5) is 0 Å². The molecule has 0 aliphatic rings. The van der Waals surface area contributed by atoms with Crippen molar-refractivity contribution < 1.29 is 45.7 Å². The van der Waals surface area contributed by atoms with E-state index >= 15 is 0 Å². The van der Waals surface area contributed by atoms with Crippen molar-refractivity contribution in [3.63, 3.8) is 0 Å². The third-order valence-electron chi connectivity index (χ3n) is 2.79. The van der Waals surface area contributed by atoms with Gasteiger partial charge in [0, 0.05) is 23.6 Å². The second-order valence-corrected chi connectivity index (χ2v) is 5.04. The molecule has 4 N–H and O–H groups in total. The number of para-hydroxylation sites is 2. The molecule has 0 spiro atoms. The Bertz CT molecular complexity index is 689. The van der Waals surface area contributed by atoms with E-state index in [1.807, 2.05) is 12.1 Å². The summed E-state index contributed by atoms with van der Waals surface area (Å²) in [5.74, 6) is 0.415. The van der Waals surface area contributed by atoms with Crippen molar-refractivity contribution in [1.29, 1.82) is 0 Å². The van der Waals surface area contributed by atoms with Gasteiger partial charge in [-0.3, -0.25) is 9.98 Å². The molecule has 2 rings (SSSR count). The van der Waals surface area contributed by atoms with Gasteiger partial charge in [0.2, 0.25) is 0 Å². The molecule has 0 saturated carbocycles. The molecule has 0 amide bonds. The average molecular weight is 458 g/mol. The number of aliphatic imine (C=N–C) groups is 2. The molecular weight excluding hydrogens is 436 g/mol. The zero-order valence-electron chi connectivity index (χ0n) is 14.5. The predicted octanol–water partition coefficient (Wildman–Crippen LogP) is 1.37. The van der Waals surface area contributed by atoms with Gasteiger partial charge in [-0.25, -0.2) is 0 Å². The molecule has 0 aliphatic heterocycles. The standard InChI is InChI=1S/2C9H11NO2.Mo.2O/c2*11-6-5-10-7-8-3-1-2-4-9(8)12;;;/h2*1-4,7,11-12H,5-6H2;;;. The van der Waals surface area contributed by atoms with E-state index in [4.69, 9.17) is 17.0 Å². The minimum absolute atomic E-state index is 0.0318. The number of aliphatic hydroxyl groups excluding tert-OH is 2. The van der Waals surface area contributed by atoms with Gasteiger partial charge < -0.3 is 20.4 Å². The van der Waals surface area contributed by atoms with Gasteiger partial charge in [-0.05, 0) is 24.3 Å². The average Bonchev–Trinajstić information content (AvgIpc) is 2.66. The second-order valence-electron chi connectivity index (χ2n) is 4.70.